The van der Waals surface area contributed by atoms with Crippen LogP contribution in [0.1, 0.15) is 25.7 Å². The second kappa shape index (κ2) is 11.3. The van der Waals surface area contributed by atoms with Gasteiger partial charge in [0, 0.05) is 25.2 Å². The second-order valence-electron chi connectivity index (χ2n) is 7.86. The Kier molecular flexibility index (Phi) is 8.49. The third-order valence-corrected chi connectivity index (χ3v) is 7.59. The molecule has 0 radical (unpaired) electrons. The Morgan fingerprint density at radius 3 is 2.03 bits per heavy atom. The molecule has 0 bridgehead atoms. The van der Waals surface area contributed by atoms with Gasteiger partial charge < -0.3 is 23.8 Å². The highest BCUT2D eigenvalue weighted by atomic mass is 32.2. The molecule has 1 amide bonds. The number of methoxy groups -OCH3 is 4. The highest BCUT2D eigenvalue weighted by Crippen LogP contribution is 2.37. The van der Waals surface area contributed by atoms with E-state index in [4.69, 9.17) is 18.9 Å². The van der Waals surface area contributed by atoms with Gasteiger partial charge in [-0.25, -0.2) is 8.42 Å². The van der Waals surface area contributed by atoms with Gasteiger partial charge in [0.05, 0.1) is 39.0 Å². The van der Waals surface area contributed by atoms with Crippen LogP contribution in [0.15, 0.2) is 41.3 Å². The van der Waals surface area contributed by atoms with Crippen LogP contribution in [0.25, 0.3) is 0 Å². The van der Waals surface area contributed by atoms with Gasteiger partial charge in [-0.1, -0.05) is 12.8 Å². The van der Waals surface area contributed by atoms with Crippen LogP contribution in [0.2, 0.25) is 0 Å². The molecule has 10 heteroatoms. The summed E-state index contributed by atoms with van der Waals surface area (Å²) in [5, 5.41) is 0. The summed E-state index contributed by atoms with van der Waals surface area (Å²) < 4.78 is 50.2. The molecular formula is C24H32N2O7S. The van der Waals surface area contributed by atoms with Crippen molar-refractivity contribution in [2.75, 3.05) is 52.4 Å². The first-order chi connectivity index (χ1) is 16.3. The van der Waals surface area contributed by atoms with Crippen molar-refractivity contribution in [2.24, 2.45) is 0 Å². The Hall–Kier alpha value is -3.14. The van der Waals surface area contributed by atoms with Gasteiger partial charge in [-0.3, -0.25) is 9.10 Å². The largest absolute Gasteiger partial charge is 0.497 e. The molecule has 0 saturated carbocycles. The smallest absolute Gasteiger partial charge is 0.265 e. The second-order valence-corrected chi connectivity index (χ2v) is 9.72. The number of hydrogen-bond donors (Lipinski definition) is 0. The molecule has 0 spiro atoms. The molecular weight excluding hydrogens is 460 g/mol. The quantitative estimate of drug-likeness (QED) is 0.530. The highest BCUT2D eigenvalue weighted by molar-refractivity contribution is 7.92. The average molecular weight is 493 g/mol. The van der Waals surface area contributed by atoms with Crippen molar-refractivity contribution in [1.29, 1.82) is 0 Å². The topological polar surface area (TPSA) is 94.6 Å². The summed E-state index contributed by atoms with van der Waals surface area (Å²) in [7, 11) is 1.64. The molecule has 0 aliphatic carbocycles. The van der Waals surface area contributed by atoms with Gasteiger partial charge >= 0.3 is 0 Å². The Bertz CT molecular complexity index is 1100. The van der Waals surface area contributed by atoms with Crippen LogP contribution in [0, 0.1) is 0 Å². The fourth-order valence-corrected chi connectivity index (χ4v) is 5.37. The van der Waals surface area contributed by atoms with Gasteiger partial charge in [-0.2, -0.15) is 0 Å². The minimum atomic E-state index is -4.20. The zero-order valence-electron chi connectivity index (χ0n) is 20.1. The summed E-state index contributed by atoms with van der Waals surface area (Å²) in [5.74, 6) is 1.13. The maximum absolute atomic E-state index is 13.9. The van der Waals surface area contributed by atoms with E-state index in [1.54, 1.807) is 23.1 Å². The molecule has 1 fully saturated rings. The number of sulfonamides is 1. The van der Waals surface area contributed by atoms with Crippen molar-refractivity contribution in [2.45, 2.75) is 30.6 Å². The molecule has 2 aromatic carbocycles. The molecule has 1 aliphatic rings. The number of likely N-dealkylation sites (tertiary alicyclic amines) is 1. The normalized spacial score (nSPS) is 14.2. The van der Waals surface area contributed by atoms with E-state index in [1.807, 2.05) is 0 Å². The predicted molar refractivity (Wildman–Crippen MR) is 129 cm³/mol. The molecule has 0 aromatic heterocycles. The number of carbonyl (C=O) groups is 1. The van der Waals surface area contributed by atoms with Gasteiger partial charge in [0.2, 0.25) is 5.91 Å². The number of nitrogens with zero attached hydrogens (tertiary/aromatic N) is 2. The molecule has 1 saturated heterocycles. The summed E-state index contributed by atoms with van der Waals surface area (Å²) in [6, 6.07) is 9.15. The van der Waals surface area contributed by atoms with Crippen LogP contribution >= 0.6 is 0 Å². The fraction of sp³-hybridized carbons (Fsp3) is 0.458. The Morgan fingerprint density at radius 1 is 0.824 bits per heavy atom. The maximum Gasteiger partial charge on any atom is 0.265 e. The number of amides is 1. The van der Waals surface area contributed by atoms with Crippen molar-refractivity contribution in [3.63, 3.8) is 0 Å². The van der Waals surface area contributed by atoms with Crippen molar-refractivity contribution < 1.29 is 32.2 Å². The lowest BCUT2D eigenvalue weighted by Gasteiger charge is -2.29. The average Bonchev–Trinajstić information content (AvgIpc) is 3.16. The molecule has 2 aromatic rings. The van der Waals surface area contributed by atoms with Gasteiger partial charge in [-0.15, -0.1) is 0 Å². The van der Waals surface area contributed by atoms with Gasteiger partial charge in [0.15, 0.2) is 11.5 Å². The number of rotatable bonds is 9. The van der Waals surface area contributed by atoms with E-state index in [1.165, 1.54) is 46.6 Å². The van der Waals surface area contributed by atoms with Crippen molar-refractivity contribution in [1.82, 2.24) is 4.90 Å². The fourth-order valence-electron chi connectivity index (χ4n) is 3.94. The van der Waals surface area contributed by atoms with Crippen LogP contribution in [0.3, 0.4) is 0 Å². The van der Waals surface area contributed by atoms with Crippen LogP contribution < -0.4 is 23.3 Å². The van der Waals surface area contributed by atoms with E-state index in [0.717, 1.165) is 30.0 Å². The van der Waals surface area contributed by atoms with Crippen LogP contribution in [0.5, 0.6) is 23.0 Å². The lowest BCUT2D eigenvalue weighted by atomic mass is 10.2. The van der Waals surface area contributed by atoms with Crippen molar-refractivity contribution in [3.8, 4) is 23.0 Å². The molecule has 1 heterocycles. The van der Waals surface area contributed by atoms with Crippen LogP contribution in [0.4, 0.5) is 5.69 Å². The Morgan fingerprint density at radius 2 is 1.44 bits per heavy atom. The summed E-state index contributed by atoms with van der Waals surface area (Å²) >= 11 is 0. The van der Waals surface area contributed by atoms with E-state index in [9.17, 15) is 13.2 Å². The predicted octanol–water partition coefficient (Wildman–Crippen LogP) is 3.32. The van der Waals surface area contributed by atoms with E-state index >= 15 is 0 Å². The molecule has 1 aliphatic heterocycles. The van der Waals surface area contributed by atoms with Crippen LogP contribution in [-0.2, 0) is 14.8 Å². The zero-order chi connectivity index (χ0) is 24.7. The molecule has 3 rings (SSSR count). The number of benzene rings is 2. The molecule has 34 heavy (non-hydrogen) atoms. The third-order valence-electron chi connectivity index (χ3n) is 5.84. The standard InChI is InChI=1S/C24H32N2O7S/c1-30-18-9-11-21(31-2)20(15-18)26(17-24(27)25-13-7-5-6-8-14-25)34(28,29)19-10-12-22(32-3)23(16-19)33-4/h9-12,15-16H,5-8,13-14,17H2,1-4H3. The van der Waals surface area contributed by atoms with Crippen LogP contribution in [-0.4, -0.2) is 67.3 Å². The Balaban J connectivity index is 2.10. The summed E-state index contributed by atoms with van der Waals surface area (Å²) in [6.07, 6.45) is 3.91. The zero-order valence-corrected chi connectivity index (χ0v) is 20.9. The molecule has 186 valence electrons. The number of ether oxygens (including phenoxy) is 4. The molecule has 0 atom stereocenters. The summed E-state index contributed by atoms with van der Waals surface area (Å²) in [5.41, 5.74) is 0.208. The first kappa shape index (κ1) is 25.5. The van der Waals surface area contributed by atoms with Gasteiger partial charge in [0.1, 0.15) is 18.0 Å². The van der Waals surface area contributed by atoms with E-state index in [-0.39, 0.29) is 28.8 Å². The number of carbonyl (C=O) groups excluding carboxylic acids is 1. The monoisotopic (exact) mass is 492 g/mol. The SMILES string of the molecule is COc1ccc(OC)c(N(CC(=O)N2CCCCCC2)S(=O)(=O)c2ccc(OC)c(OC)c2)c1. The molecule has 0 N–H and O–H groups in total. The van der Waals surface area contributed by atoms with Gasteiger partial charge in [-0.05, 0) is 37.1 Å². The first-order valence-corrected chi connectivity index (χ1v) is 12.5. The summed E-state index contributed by atoms with van der Waals surface area (Å²) in [4.78, 5) is 15.0. The Labute approximate surface area is 201 Å². The lowest BCUT2D eigenvalue weighted by molar-refractivity contribution is -0.129. The van der Waals surface area contributed by atoms with Crippen molar-refractivity contribution in [3.05, 3.63) is 36.4 Å². The van der Waals surface area contributed by atoms with E-state index in [2.05, 4.69) is 0 Å². The molecule has 0 unspecified atom stereocenters. The first-order valence-electron chi connectivity index (χ1n) is 11.1. The minimum absolute atomic E-state index is 0.0429. The van der Waals surface area contributed by atoms with Gasteiger partial charge in [0.25, 0.3) is 10.0 Å². The van der Waals surface area contributed by atoms with Crippen molar-refractivity contribution >= 4 is 21.6 Å². The lowest BCUT2D eigenvalue weighted by Crippen LogP contribution is -2.43. The van der Waals surface area contributed by atoms with E-state index < -0.39 is 10.0 Å². The minimum Gasteiger partial charge on any atom is -0.497 e. The van der Waals surface area contributed by atoms with E-state index in [0.29, 0.717) is 30.3 Å². The number of hydrogen-bond acceptors (Lipinski definition) is 7. The summed E-state index contributed by atoms with van der Waals surface area (Å²) in [6.45, 7) is 0.844. The third kappa shape index (κ3) is 5.49. The maximum atomic E-state index is 13.9. The molecule has 9 nitrogen and oxygen atoms in total. The highest BCUT2D eigenvalue weighted by Gasteiger charge is 2.32. The number of anilines is 1.